The van der Waals surface area contributed by atoms with E-state index in [0.29, 0.717) is 5.02 Å². The summed E-state index contributed by atoms with van der Waals surface area (Å²) < 4.78 is 6.43. The van der Waals surface area contributed by atoms with Crippen LogP contribution in [-0.4, -0.2) is 5.54 Å². The van der Waals surface area contributed by atoms with Crippen LogP contribution in [-0.2, 0) is 0 Å². The minimum atomic E-state index is -0.0919. The number of allylic oxidation sites excluding steroid dienone is 1. The zero-order valence-electron chi connectivity index (χ0n) is 16.7. The molecule has 0 amide bonds. The van der Waals surface area contributed by atoms with Crippen molar-refractivity contribution in [2.24, 2.45) is 0 Å². The first kappa shape index (κ1) is 18.1. The van der Waals surface area contributed by atoms with Crippen molar-refractivity contribution >= 4 is 34.7 Å². The molecule has 1 N–H and O–H groups in total. The lowest BCUT2D eigenvalue weighted by Crippen LogP contribution is -2.32. The molecular formula is C26H22ClNO. The Kier molecular flexibility index (Phi) is 4.07. The van der Waals surface area contributed by atoms with Gasteiger partial charge in [-0.1, -0.05) is 60.1 Å². The predicted octanol–water partition coefficient (Wildman–Crippen LogP) is 7.50. The van der Waals surface area contributed by atoms with E-state index >= 15 is 0 Å². The Bertz CT molecular complexity index is 1200. The Morgan fingerprint density at radius 3 is 2.48 bits per heavy atom. The van der Waals surface area contributed by atoms with Gasteiger partial charge in [-0.2, -0.15) is 0 Å². The van der Waals surface area contributed by atoms with Gasteiger partial charge in [0, 0.05) is 27.4 Å². The third-order valence-corrected chi connectivity index (χ3v) is 5.81. The van der Waals surface area contributed by atoms with E-state index in [-0.39, 0.29) is 5.54 Å². The molecule has 2 aliphatic rings. The molecule has 3 heteroatoms. The van der Waals surface area contributed by atoms with Crippen LogP contribution in [0.3, 0.4) is 0 Å². The Morgan fingerprint density at radius 2 is 1.66 bits per heavy atom. The normalized spacial score (nSPS) is 17.4. The number of halogens is 1. The van der Waals surface area contributed by atoms with Gasteiger partial charge in [0.25, 0.3) is 0 Å². The molecule has 0 atom stereocenters. The number of ether oxygens (including phenoxy) is 1. The van der Waals surface area contributed by atoms with Crippen LogP contribution in [0.1, 0.15) is 37.5 Å². The second-order valence-electron chi connectivity index (χ2n) is 8.21. The summed E-state index contributed by atoms with van der Waals surface area (Å²) >= 11 is 6.46. The predicted molar refractivity (Wildman–Crippen MR) is 123 cm³/mol. The van der Waals surface area contributed by atoms with Crippen LogP contribution >= 0.6 is 11.6 Å². The summed E-state index contributed by atoms with van der Waals surface area (Å²) in [5.41, 5.74) is 7.81. The average molecular weight is 400 g/mol. The topological polar surface area (TPSA) is 21.3 Å². The average Bonchev–Trinajstić information content (AvgIpc) is 2.68. The van der Waals surface area contributed by atoms with Gasteiger partial charge in [-0.15, -0.1) is 0 Å². The minimum Gasteiger partial charge on any atom is -0.456 e. The molecule has 2 nitrogen and oxygen atoms in total. The van der Waals surface area contributed by atoms with Gasteiger partial charge >= 0.3 is 0 Å². The number of hydrogen-bond donors (Lipinski definition) is 1. The molecule has 0 bridgehead atoms. The molecule has 0 radical (unpaired) electrons. The van der Waals surface area contributed by atoms with Crippen molar-refractivity contribution in [3.05, 3.63) is 88.5 Å². The van der Waals surface area contributed by atoms with Crippen molar-refractivity contribution in [3.8, 4) is 16.9 Å². The van der Waals surface area contributed by atoms with Crippen LogP contribution in [0, 0.1) is 0 Å². The Morgan fingerprint density at radius 1 is 0.897 bits per heavy atom. The lowest BCUT2D eigenvalue weighted by atomic mass is 9.83. The number of benzene rings is 3. The maximum atomic E-state index is 6.46. The largest absolute Gasteiger partial charge is 0.456 e. The Hall–Kier alpha value is -2.97. The van der Waals surface area contributed by atoms with Crippen molar-refractivity contribution in [1.29, 1.82) is 0 Å². The second-order valence-corrected chi connectivity index (χ2v) is 8.62. The third kappa shape index (κ3) is 3.04. The number of rotatable bonds is 1. The van der Waals surface area contributed by atoms with Crippen molar-refractivity contribution in [2.45, 2.75) is 26.3 Å². The number of nitrogens with one attached hydrogen (secondary N) is 1. The molecule has 0 aliphatic carbocycles. The van der Waals surface area contributed by atoms with Crippen LogP contribution in [0.4, 0.5) is 5.69 Å². The summed E-state index contributed by atoms with van der Waals surface area (Å²) in [6, 6.07) is 20.4. The van der Waals surface area contributed by atoms with E-state index < -0.39 is 0 Å². The molecule has 2 aliphatic heterocycles. The van der Waals surface area contributed by atoms with Gasteiger partial charge in [-0.3, -0.25) is 0 Å². The van der Waals surface area contributed by atoms with Crippen LogP contribution < -0.4 is 10.1 Å². The summed E-state index contributed by atoms with van der Waals surface area (Å²) in [7, 11) is 0. The van der Waals surface area contributed by atoms with E-state index in [0.717, 1.165) is 33.9 Å². The fraction of sp³-hybridized carbons (Fsp3) is 0.154. The lowest BCUT2D eigenvalue weighted by Gasteiger charge is -2.35. The highest BCUT2D eigenvalue weighted by molar-refractivity contribution is 6.32. The molecule has 3 aromatic carbocycles. The molecule has 0 aromatic heterocycles. The fourth-order valence-electron chi connectivity index (χ4n) is 4.38. The van der Waals surface area contributed by atoms with E-state index in [1.807, 2.05) is 42.5 Å². The summed E-state index contributed by atoms with van der Waals surface area (Å²) in [5, 5.41) is 4.36. The van der Waals surface area contributed by atoms with Gasteiger partial charge in [-0.25, -0.2) is 0 Å². The molecular weight excluding hydrogens is 378 g/mol. The molecule has 0 unspecified atom stereocenters. The summed E-state index contributed by atoms with van der Waals surface area (Å²) in [6.07, 6.45) is 4.33. The Labute approximate surface area is 176 Å². The fourth-order valence-corrected chi connectivity index (χ4v) is 4.57. The molecule has 3 aromatic rings. The van der Waals surface area contributed by atoms with Crippen molar-refractivity contribution < 1.29 is 4.74 Å². The summed E-state index contributed by atoms with van der Waals surface area (Å²) in [6.45, 7) is 6.55. The molecule has 144 valence electrons. The van der Waals surface area contributed by atoms with E-state index in [9.17, 15) is 0 Å². The Balaban J connectivity index is 1.81. The molecule has 5 rings (SSSR count). The van der Waals surface area contributed by atoms with Crippen LogP contribution in [0.15, 0.2) is 66.7 Å². The van der Waals surface area contributed by atoms with Gasteiger partial charge in [0.15, 0.2) is 0 Å². The number of hydrogen-bond acceptors (Lipinski definition) is 2. The minimum absolute atomic E-state index is 0.0919. The zero-order valence-corrected chi connectivity index (χ0v) is 17.5. The number of anilines is 1. The van der Waals surface area contributed by atoms with Gasteiger partial charge in [0.2, 0.25) is 0 Å². The highest BCUT2D eigenvalue weighted by Crippen LogP contribution is 2.49. The molecule has 0 saturated carbocycles. The van der Waals surface area contributed by atoms with Gasteiger partial charge in [-0.05, 0) is 61.7 Å². The molecule has 2 heterocycles. The van der Waals surface area contributed by atoms with Crippen molar-refractivity contribution in [2.75, 3.05) is 5.32 Å². The monoisotopic (exact) mass is 399 g/mol. The van der Waals surface area contributed by atoms with Crippen LogP contribution in [0.2, 0.25) is 5.02 Å². The maximum Gasteiger partial charge on any atom is 0.136 e. The number of para-hydroxylation sites is 1. The van der Waals surface area contributed by atoms with E-state index in [1.165, 1.54) is 16.7 Å². The van der Waals surface area contributed by atoms with E-state index in [2.05, 4.69) is 56.4 Å². The zero-order chi connectivity index (χ0) is 20.2. The first-order valence-corrected chi connectivity index (χ1v) is 10.2. The maximum absolute atomic E-state index is 6.46. The van der Waals surface area contributed by atoms with Crippen molar-refractivity contribution in [1.82, 2.24) is 0 Å². The van der Waals surface area contributed by atoms with Gasteiger partial charge in [0.05, 0.1) is 5.54 Å². The molecule has 0 spiro atoms. The highest BCUT2D eigenvalue weighted by atomic mass is 35.5. The number of fused-ring (bicyclic) bond motifs is 5. The standard InChI is InChI=1S/C26H22ClNO/c1-16-15-26(2,3)28-21-13-12-19-18-9-5-7-11-22(18)29-23(25(19)24(16)21)14-17-8-4-6-10-20(17)27/h4-15,28H,1-3H3. The summed E-state index contributed by atoms with van der Waals surface area (Å²) in [5.74, 6) is 1.68. The summed E-state index contributed by atoms with van der Waals surface area (Å²) in [4.78, 5) is 0. The van der Waals surface area contributed by atoms with Gasteiger partial charge < -0.3 is 10.1 Å². The SMILES string of the molecule is CC1=CC(C)(C)Nc2ccc3c(c21)C(=Cc1ccccc1Cl)Oc1ccccc1-3. The van der Waals surface area contributed by atoms with E-state index in [1.54, 1.807) is 0 Å². The highest BCUT2D eigenvalue weighted by Gasteiger charge is 2.31. The van der Waals surface area contributed by atoms with E-state index in [4.69, 9.17) is 16.3 Å². The lowest BCUT2D eigenvalue weighted by molar-refractivity contribution is 0.514. The first-order valence-electron chi connectivity index (χ1n) is 9.82. The quantitative estimate of drug-likeness (QED) is 0.457. The molecule has 0 fully saturated rings. The molecule has 0 saturated heterocycles. The smallest absolute Gasteiger partial charge is 0.136 e. The molecule has 29 heavy (non-hydrogen) atoms. The van der Waals surface area contributed by atoms with Crippen LogP contribution in [0.25, 0.3) is 28.5 Å². The van der Waals surface area contributed by atoms with Crippen molar-refractivity contribution in [3.63, 3.8) is 0 Å². The second kappa shape index (κ2) is 6.53. The first-order chi connectivity index (χ1) is 13.9. The van der Waals surface area contributed by atoms with Crippen LogP contribution in [0.5, 0.6) is 5.75 Å². The third-order valence-electron chi connectivity index (χ3n) is 5.47. The van der Waals surface area contributed by atoms with Gasteiger partial charge in [0.1, 0.15) is 11.5 Å².